The second-order valence-corrected chi connectivity index (χ2v) is 8.12. The van der Waals surface area contributed by atoms with Crippen LogP contribution in [0, 0.1) is 5.82 Å². The van der Waals surface area contributed by atoms with Gasteiger partial charge in [0.25, 0.3) is 0 Å². The number of aryl methyl sites for hydroxylation is 1. The van der Waals surface area contributed by atoms with Gasteiger partial charge in [-0.3, -0.25) is 0 Å². The summed E-state index contributed by atoms with van der Waals surface area (Å²) in [5, 5.41) is 2.25. The van der Waals surface area contributed by atoms with Crippen LogP contribution < -0.4 is 0 Å². The van der Waals surface area contributed by atoms with E-state index in [-0.39, 0.29) is 5.56 Å². The fraction of sp³-hybridized carbons (Fsp3) is 0.214. The number of rotatable bonds is 6. The summed E-state index contributed by atoms with van der Waals surface area (Å²) >= 11 is 0. The van der Waals surface area contributed by atoms with Gasteiger partial charge >= 0.3 is 6.18 Å². The summed E-state index contributed by atoms with van der Waals surface area (Å²) in [6.45, 7) is 2.20. The third-order valence-electron chi connectivity index (χ3n) is 5.80. The largest absolute Gasteiger partial charge is 0.416 e. The fourth-order valence-corrected chi connectivity index (χ4v) is 3.98. The van der Waals surface area contributed by atoms with E-state index in [9.17, 15) is 17.6 Å². The van der Waals surface area contributed by atoms with E-state index in [0.717, 1.165) is 40.5 Å². The van der Waals surface area contributed by atoms with Gasteiger partial charge in [-0.1, -0.05) is 74.4 Å². The van der Waals surface area contributed by atoms with Crippen LogP contribution in [0.4, 0.5) is 17.6 Å². The molecule has 0 fully saturated rings. The Morgan fingerprint density at radius 1 is 0.656 bits per heavy atom. The molecule has 0 aliphatic rings. The van der Waals surface area contributed by atoms with Crippen molar-refractivity contribution in [2.75, 3.05) is 0 Å². The number of alkyl halides is 3. The first-order chi connectivity index (χ1) is 15.3. The summed E-state index contributed by atoms with van der Waals surface area (Å²) in [5.74, 6) is -0.464. The van der Waals surface area contributed by atoms with Gasteiger partial charge in [0.2, 0.25) is 0 Å². The Morgan fingerprint density at radius 2 is 1.28 bits per heavy atom. The van der Waals surface area contributed by atoms with Crippen LogP contribution in [0.3, 0.4) is 0 Å². The second-order valence-electron chi connectivity index (χ2n) is 8.12. The first kappa shape index (κ1) is 22.1. The van der Waals surface area contributed by atoms with Gasteiger partial charge < -0.3 is 0 Å². The molecule has 0 radical (unpaired) electrons. The molecular formula is C28H24F4. The summed E-state index contributed by atoms with van der Waals surface area (Å²) in [5.41, 5.74) is 2.89. The zero-order valence-corrected chi connectivity index (χ0v) is 17.8. The van der Waals surface area contributed by atoms with Crippen molar-refractivity contribution in [1.29, 1.82) is 0 Å². The Labute approximate surface area is 185 Å². The molecule has 4 aromatic rings. The van der Waals surface area contributed by atoms with Crippen molar-refractivity contribution in [3.8, 4) is 22.3 Å². The highest BCUT2D eigenvalue weighted by atomic mass is 19.4. The van der Waals surface area contributed by atoms with Crippen LogP contribution in [0.25, 0.3) is 33.0 Å². The molecule has 0 unspecified atom stereocenters. The van der Waals surface area contributed by atoms with Gasteiger partial charge in [0.1, 0.15) is 5.82 Å². The van der Waals surface area contributed by atoms with Gasteiger partial charge in [-0.2, -0.15) is 13.2 Å². The zero-order chi connectivity index (χ0) is 22.7. The maximum atomic E-state index is 14.8. The topological polar surface area (TPSA) is 0 Å². The van der Waals surface area contributed by atoms with E-state index in [4.69, 9.17) is 0 Å². The highest BCUT2D eigenvalue weighted by Crippen LogP contribution is 2.33. The lowest BCUT2D eigenvalue weighted by atomic mass is 9.96. The zero-order valence-electron chi connectivity index (χ0n) is 17.8. The van der Waals surface area contributed by atoms with E-state index in [2.05, 4.69) is 31.2 Å². The Bertz CT molecular complexity index is 1220. The number of unbranched alkanes of at least 4 members (excludes halogenated alkanes) is 2. The van der Waals surface area contributed by atoms with Gasteiger partial charge in [0.15, 0.2) is 0 Å². The molecule has 0 aliphatic heterocycles. The highest BCUT2D eigenvalue weighted by Gasteiger charge is 2.30. The van der Waals surface area contributed by atoms with E-state index >= 15 is 0 Å². The van der Waals surface area contributed by atoms with E-state index < -0.39 is 17.6 Å². The molecule has 164 valence electrons. The maximum absolute atomic E-state index is 14.8. The molecule has 0 bridgehead atoms. The summed E-state index contributed by atoms with van der Waals surface area (Å²) in [4.78, 5) is 0. The predicted octanol–water partition coefficient (Wildman–Crippen LogP) is 9.06. The predicted molar refractivity (Wildman–Crippen MR) is 123 cm³/mol. The quantitative estimate of drug-likeness (QED) is 0.209. The van der Waals surface area contributed by atoms with Crippen molar-refractivity contribution in [3.63, 3.8) is 0 Å². The van der Waals surface area contributed by atoms with E-state index in [0.29, 0.717) is 5.56 Å². The molecule has 0 saturated carbocycles. The molecule has 0 aromatic heterocycles. The van der Waals surface area contributed by atoms with Crippen molar-refractivity contribution in [2.45, 2.75) is 38.8 Å². The summed E-state index contributed by atoms with van der Waals surface area (Å²) in [6.07, 6.45) is 0.274. The first-order valence-corrected chi connectivity index (χ1v) is 10.9. The number of benzene rings is 4. The van der Waals surface area contributed by atoms with Crippen LogP contribution in [0.2, 0.25) is 0 Å². The second kappa shape index (κ2) is 9.15. The molecule has 0 aliphatic carbocycles. The molecule has 0 saturated heterocycles. The molecule has 0 heterocycles. The number of fused-ring (bicyclic) bond motifs is 1. The molecule has 4 heteroatoms. The van der Waals surface area contributed by atoms with E-state index in [1.54, 1.807) is 12.1 Å². The minimum atomic E-state index is -4.41. The Kier molecular flexibility index (Phi) is 6.31. The van der Waals surface area contributed by atoms with Crippen LogP contribution in [-0.4, -0.2) is 0 Å². The Morgan fingerprint density at radius 3 is 1.97 bits per heavy atom. The van der Waals surface area contributed by atoms with Gasteiger partial charge in [-0.15, -0.1) is 0 Å². The van der Waals surface area contributed by atoms with Crippen molar-refractivity contribution < 1.29 is 17.6 Å². The lowest BCUT2D eigenvalue weighted by molar-refractivity contribution is -0.137. The number of hydrogen-bond donors (Lipinski definition) is 0. The Balaban J connectivity index is 1.58. The van der Waals surface area contributed by atoms with Gasteiger partial charge in [-0.25, -0.2) is 4.39 Å². The third kappa shape index (κ3) is 4.85. The standard InChI is InChI=1S/C28H24F4/c1-2-3-4-5-19-6-7-22-17-23(9-8-21(22)16-19)24-12-15-26(27(29)18-24)20-10-13-25(14-11-20)28(30,31)32/h6-18H,2-5H2,1H3. The van der Waals surface area contributed by atoms with Gasteiger partial charge in [0.05, 0.1) is 5.56 Å². The molecule has 32 heavy (non-hydrogen) atoms. The van der Waals surface area contributed by atoms with E-state index in [1.807, 2.05) is 12.1 Å². The van der Waals surface area contributed by atoms with Gasteiger partial charge in [0, 0.05) is 5.56 Å². The van der Waals surface area contributed by atoms with Crippen LogP contribution in [0.1, 0.15) is 37.3 Å². The average molecular weight is 436 g/mol. The third-order valence-corrected chi connectivity index (χ3v) is 5.80. The monoisotopic (exact) mass is 436 g/mol. The number of hydrogen-bond acceptors (Lipinski definition) is 0. The molecule has 4 rings (SSSR count). The molecule has 0 atom stereocenters. The summed E-state index contributed by atoms with van der Waals surface area (Å²) in [6, 6.07) is 21.9. The molecule has 0 nitrogen and oxygen atoms in total. The van der Waals surface area contributed by atoms with Crippen molar-refractivity contribution in [1.82, 2.24) is 0 Å². The van der Waals surface area contributed by atoms with Crippen molar-refractivity contribution >= 4 is 10.8 Å². The van der Waals surface area contributed by atoms with Crippen molar-refractivity contribution in [3.05, 3.63) is 95.8 Å². The smallest absolute Gasteiger partial charge is 0.206 e. The molecule has 0 N–H and O–H groups in total. The van der Waals surface area contributed by atoms with Crippen LogP contribution in [0.15, 0.2) is 78.9 Å². The van der Waals surface area contributed by atoms with Crippen LogP contribution in [0.5, 0.6) is 0 Å². The molecule has 4 aromatic carbocycles. The maximum Gasteiger partial charge on any atom is 0.416 e. The average Bonchev–Trinajstić information content (AvgIpc) is 2.78. The van der Waals surface area contributed by atoms with Gasteiger partial charge in [-0.05, 0) is 70.1 Å². The normalized spacial score (nSPS) is 11.8. The Hall–Kier alpha value is -3.14. The fourth-order valence-electron chi connectivity index (χ4n) is 3.98. The molecule has 0 amide bonds. The lowest BCUT2D eigenvalue weighted by Gasteiger charge is -2.10. The van der Waals surface area contributed by atoms with Crippen molar-refractivity contribution in [2.24, 2.45) is 0 Å². The summed E-state index contributed by atoms with van der Waals surface area (Å²) < 4.78 is 53.2. The minimum absolute atomic E-state index is 0.278. The molecular weight excluding hydrogens is 412 g/mol. The van der Waals surface area contributed by atoms with Crippen LogP contribution >= 0.6 is 0 Å². The SMILES string of the molecule is CCCCCc1ccc2cc(-c3ccc(-c4ccc(C(F)(F)F)cc4)c(F)c3)ccc2c1. The van der Waals surface area contributed by atoms with E-state index in [1.165, 1.54) is 43.0 Å². The number of halogens is 4. The van der Waals surface area contributed by atoms with Crippen LogP contribution in [-0.2, 0) is 12.6 Å². The lowest BCUT2D eigenvalue weighted by Crippen LogP contribution is -2.04. The molecule has 0 spiro atoms. The highest BCUT2D eigenvalue weighted by molar-refractivity contribution is 5.88. The first-order valence-electron chi connectivity index (χ1n) is 10.9. The minimum Gasteiger partial charge on any atom is -0.206 e. The summed E-state index contributed by atoms with van der Waals surface area (Å²) in [7, 11) is 0.